The molecule has 0 radical (unpaired) electrons. The highest BCUT2D eigenvalue weighted by molar-refractivity contribution is 7.09. The quantitative estimate of drug-likeness (QED) is 0.837. The molecule has 0 aromatic carbocycles. The number of hydrogen-bond donors (Lipinski definition) is 2. The maximum Gasteiger partial charge on any atom is 0.246 e. The molecule has 100 valence electrons. The topological polar surface area (TPSA) is 63.2 Å². The summed E-state index contributed by atoms with van der Waals surface area (Å²) < 4.78 is 5.58. The number of aromatic nitrogens is 1. The Morgan fingerprint density at radius 1 is 1.72 bits per heavy atom. The van der Waals surface area contributed by atoms with Gasteiger partial charge < -0.3 is 15.4 Å². The highest BCUT2D eigenvalue weighted by Gasteiger charge is 2.33. The van der Waals surface area contributed by atoms with Gasteiger partial charge >= 0.3 is 0 Å². The summed E-state index contributed by atoms with van der Waals surface area (Å²) in [7, 11) is 0. The van der Waals surface area contributed by atoms with Crippen molar-refractivity contribution in [2.75, 3.05) is 19.7 Å². The SMILES string of the molecule is Cc1csc(C(C)NC(=O)COC2(C)CNC2)n1. The minimum Gasteiger partial charge on any atom is -0.363 e. The number of nitrogens with zero attached hydrogens (tertiary/aromatic N) is 1. The maximum absolute atomic E-state index is 11.7. The molecule has 2 heterocycles. The van der Waals surface area contributed by atoms with Crippen LogP contribution in [0.25, 0.3) is 0 Å². The monoisotopic (exact) mass is 269 g/mol. The summed E-state index contributed by atoms with van der Waals surface area (Å²) in [4.78, 5) is 16.1. The van der Waals surface area contributed by atoms with Crippen LogP contribution in [-0.2, 0) is 9.53 Å². The lowest BCUT2D eigenvalue weighted by molar-refractivity contribution is -0.136. The normalized spacial score (nSPS) is 19.1. The van der Waals surface area contributed by atoms with Crippen LogP contribution in [0.15, 0.2) is 5.38 Å². The van der Waals surface area contributed by atoms with Crippen molar-refractivity contribution in [1.29, 1.82) is 0 Å². The average molecular weight is 269 g/mol. The minimum atomic E-state index is -0.182. The molecule has 1 aliphatic rings. The zero-order valence-electron chi connectivity index (χ0n) is 10.9. The first kappa shape index (κ1) is 13.5. The summed E-state index contributed by atoms with van der Waals surface area (Å²) >= 11 is 1.56. The van der Waals surface area contributed by atoms with Crippen molar-refractivity contribution in [1.82, 2.24) is 15.6 Å². The van der Waals surface area contributed by atoms with E-state index in [1.165, 1.54) is 0 Å². The van der Waals surface area contributed by atoms with Gasteiger partial charge in [0.15, 0.2) is 0 Å². The van der Waals surface area contributed by atoms with E-state index in [1.807, 2.05) is 26.2 Å². The molecule has 1 aromatic heterocycles. The Bertz CT molecular complexity index is 429. The lowest BCUT2D eigenvalue weighted by Gasteiger charge is -2.38. The van der Waals surface area contributed by atoms with Crippen molar-refractivity contribution in [3.63, 3.8) is 0 Å². The van der Waals surface area contributed by atoms with Gasteiger partial charge in [0.05, 0.1) is 11.6 Å². The van der Waals surface area contributed by atoms with E-state index >= 15 is 0 Å². The molecule has 1 unspecified atom stereocenters. The third-order valence-electron chi connectivity index (χ3n) is 2.93. The first-order valence-corrected chi connectivity index (χ1v) is 6.92. The van der Waals surface area contributed by atoms with Crippen molar-refractivity contribution in [3.8, 4) is 0 Å². The van der Waals surface area contributed by atoms with E-state index in [0.717, 1.165) is 23.8 Å². The lowest BCUT2D eigenvalue weighted by atomic mass is 10.0. The molecule has 2 N–H and O–H groups in total. The first-order valence-electron chi connectivity index (χ1n) is 6.05. The second-order valence-corrected chi connectivity index (χ2v) is 5.85. The zero-order valence-corrected chi connectivity index (χ0v) is 11.8. The molecule has 18 heavy (non-hydrogen) atoms. The highest BCUT2D eigenvalue weighted by atomic mass is 32.1. The van der Waals surface area contributed by atoms with Crippen LogP contribution in [-0.4, -0.2) is 36.2 Å². The number of amides is 1. The fourth-order valence-corrected chi connectivity index (χ4v) is 2.54. The molecule has 1 atom stereocenters. The predicted octanol–water partition coefficient (Wildman–Crippen LogP) is 1.01. The van der Waals surface area contributed by atoms with E-state index < -0.39 is 0 Å². The summed E-state index contributed by atoms with van der Waals surface area (Å²) in [6.07, 6.45) is 0. The van der Waals surface area contributed by atoms with Gasteiger partial charge in [-0.1, -0.05) is 0 Å². The molecule has 1 saturated heterocycles. The van der Waals surface area contributed by atoms with E-state index in [9.17, 15) is 4.79 Å². The van der Waals surface area contributed by atoms with E-state index in [1.54, 1.807) is 11.3 Å². The van der Waals surface area contributed by atoms with Crippen LogP contribution in [0.5, 0.6) is 0 Å². The van der Waals surface area contributed by atoms with E-state index in [4.69, 9.17) is 4.74 Å². The predicted molar refractivity (Wildman–Crippen MR) is 70.6 cm³/mol. The molecule has 1 aromatic rings. The largest absolute Gasteiger partial charge is 0.363 e. The van der Waals surface area contributed by atoms with Gasteiger partial charge in [-0.3, -0.25) is 4.79 Å². The van der Waals surface area contributed by atoms with E-state index in [0.29, 0.717) is 0 Å². The van der Waals surface area contributed by atoms with Gasteiger partial charge in [0.2, 0.25) is 5.91 Å². The third-order valence-corrected chi connectivity index (χ3v) is 4.08. The number of ether oxygens (including phenoxy) is 1. The van der Waals surface area contributed by atoms with Gasteiger partial charge in [0, 0.05) is 24.2 Å². The summed E-state index contributed by atoms with van der Waals surface area (Å²) in [5.41, 5.74) is 0.804. The van der Waals surface area contributed by atoms with Crippen LogP contribution in [0, 0.1) is 6.92 Å². The number of carbonyl (C=O) groups is 1. The van der Waals surface area contributed by atoms with Crippen LogP contribution in [0.3, 0.4) is 0 Å². The number of rotatable bonds is 5. The van der Waals surface area contributed by atoms with Crippen LogP contribution in [0.4, 0.5) is 0 Å². The Hall–Kier alpha value is -0.980. The smallest absolute Gasteiger partial charge is 0.246 e. The molecule has 1 amide bonds. The average Bonchev–Trinajstić information content (AvgIpc) is 2.70. The molecule has 2 rings (SSSR count). The Balaban J connectivity index is 1.76. The molecule has 5 nitrogen and oxygen atoms in total. The Morgan fingerprint density at radius 3 is 2.94 bits per heavy atom. The van der Waals surface area contributed by atoms with Gasteiger partial charge in [0.1, 0.15) is 11.6 Å². The standard InChI is InChI=1S/C12H19N3O2S/c1-8-5-18-11(14-8)9(2)15-10(16)4-17-12(3)6-13-7-12/h5,9,13H,4,6-7H2,1-3H3,(H,15,16). The van der Waals surface area contributed by atoms with Gasteiger partial charge in [-0.2, -0.15) is 0 Å². The van der Waals surface area contributed by atoms with E-state index in [2.05, 4.69) is 15.6 Å². The third kappa shape index (κ3) is 3.28. The number of aryl methyl sites for hydroxylation is 1. The fraction of sp³-hybridized carbons (Fsp3) is 0.667. The number of thiazole rings is 1. The van der Waals surface area contributed by atoms with Crippen molar-refractivity contribution < 1.29 is 9.53 Å². The lowest BCUT2D eigenvalue weighted by Crippen LogP contribution is -2.59. The molecule has 0 bridgehead atoms. The van der Waals surface area contributed by atoms with Crippen LogP contribution in [0.1, 0.15) is 30.6 Å². The number of nitrogens with one attached hydrogen (secondary N) is 2. The van der Waals surface area contributed by atoms with Gasteiger partial charge in [-0.25, -0.2) is 4.98 Å². The molecule has 6 heteroatoms. The molecule has 0 aliphatic carbocycles. The zero-order chi connectivity index (χ0) is 13.2. The van der Waals surface area contributed by atoms with Gasteiger partial charge in [0.25, 0.3) is 0 Å². The van der Waals surface area contributed by atoms with Crippen LogP contribution < -0.4 is 10.6 Å². The fourth-order valence-electron chi connectivity index (χ4n) is 1.73. The summed E-state index contributed by atoms with van der Waals surface area (Å²) in [6, 6.07) is -0.0629. The number of carbonyl (C=O) groups excluding carboxylic acids is 1. The van der Waals surface area contributed by atoms with Crippen molar-refractivity contribution in [3.05, 3.63) is 16.1 Å². The Morgan fingerprint density at radius 2 is 2.44 bits per heavy atom. The molecule has 0 saturated carbocycles. The molecular weight excluding hydrogens is 250 g/mol. The first-order chi connectivity index (χ1) is 8.48. The van der Waals surface area contributed by atoms with E-state index in [-0.39, 0.29) is 24.2 Å². The second kappa shape index (κ2) is 5.34. The second-order valence-electron chi connectivity index (χ2n) is 4.96. The molecule has 0 spiro atoms. The summed E-state index contributed by atoms with van der Waals surface area (Å²) in [5, 5.41) is 8.93. The summed E-state index contributed by atoms with van der Waals surface area (Å²) in [6.45, 7) is 7.60. The van der Waals surface area contributed by atoms with Crippen LogP contribution in [0.2, 0.25) is 0 Å². The van der Waals surface area contributed by atoms with Crippen molar-refractivity contribution in [2.45, 2.75) is 32.4 Å². The molecule has 1 fully saturated rings. The minimum absolute atomic E-state index is 0.0629. The maximum atomic E-state index is 11.7. The molecular formula is C12H19N3O2S. The van der Waals surface area contributed by atoms with Crippen LogP contribution >= 0.6 is 11.3 Å². The number of hydrogen-bond acceptors (Lipinski definition) is 5. The Kier molecular flexibility index (Phi) is 3.99. The molecule has 1 aliphatic heterocycles. The highest BCUT2D eigenvalue weighted by Crippen LogP contribution is 2.18. The van der Waals surface area contributed by atoms with Gasteiger partial charge in [-0.05, 0) is 20.8 Å². The van der Waals surface area contributed by atoms with Crippen molar-refractivity contribution in [2.24, 2.45) is 0 Å². The van der Waals surface area contributed by atoms with Crippen molar-refractivity contribution >= 4 is 17.2 Å². The Labute approximate surface area is 111 Å². The van der Waals surface area contributed by atoms with Gasteiger partial charge in [-0.15, -0.1) is 11.3 Å². The summed E-state index contributed by atoms with van der Waals surface area (Å²) in [5.74, 6) is -0.0940.